The fourth-order valence-electron chi connectivity index (χ4n) is 2.44. The standard InChI is InChI=1S/C11H24N2/c1-8-7-13(9(2)6-12-5)11(4)10(8)3/h8-12H,6-7H2,1-5H3. The van der Waals surface area contributed by atoms with Crippen molar-refractivity contribution in [3.05, 3.63) is 0 Å². The number of nitrogens with one attached hydrogen (secondary N) is 1. The summed E-state index contributed by atoms with van der Waals surface area (Å²) in [6.45, 7) is 11.8. The highest BCUT2D eigenvalue weighted by Gasteiger charge is 2.35. The van der Waals surface area contributed by atoms with Crippen molar-refractivity contribution in [2.75, 3.05) is 20.1 Å². The minimum atomic E-state index is 0.674. The molecule has 1 aliphatic heterocycles. The Hall–Kier alpha value is -0.0800. The van der Waals surface area contributed by atoms with Gasteiger partial charge in [-0.3, -0.25) is 4.90 Å². The minimum absolute atomic E-state index is 0.674. The highest BCUT2D eigenvalue weighted by molar-refractivity contribution is 4.89. The summed E-state index contributed by atoms with van der Waals surface area (Å²) in [4.78, 5) is 2.63. The Labute approximate surface area is 82.7 Å². The molecule has 1 N–H and O–H groups in total. The Morgan fingerprint density at radius 3 is 2.38 bits per heavy atom. The first-order valence-electron chi connectivity index (χ1n) is 5.48. The van der Waals surface area contributed by atoms with Crippen molar-refractivity contribution in [3.8, 4) is 0 Å². The zero-order valence-electron chi connectivity index (χ0n) is 9.67. The van der Waals surface area contributed by atoms with Crippen molar-refractivity contribution >= 4 is 0 Å². The molecule has 0 radical (unpaired) electrons. The van der Waals surface area contributed by atoms with Gasteiger partial charge in [0.2, 0.25) is 0 Å². The van der Waals surface area contributed by atoms with Crippen LogP contribution in [0, 0.1) is 11.8 Å². The van der Waals surface area contributed by atoms with Crippen LogP contribution in [0.4, 0.5) is 0 Å². The highest BCUT2D eigenvalue weighted by Crippen LogP contribution is 2.30. The Balaban J connectivity index is 2.52. The zero-order valence-corrected chi connectivity index (χ0v) is 9.67. The topological polar surface area (TPSA) is 15.3 Å². The summed E-state index contributed by atoms with van der Waals surface area (Å²) in [5.41, 5.74) is 0. The fourth-order valence-corrected chi connectivity index (χ4v) is 2.44. The Morgan fingerprint density at radius 2 is 2.00 bits per heavy atom. The number of rotatable bonds is 3. The average Bonchev–Trinajstić information content (AvgIpc) is 2.33. The summed E-state index contributed by atoms with van der Waals surface area (Å²) >= 11 is 0. The van der Waals surface area contributed by atoms with Gasteiger partial charge in [0.15, 0.2) is 0 Å². The van der Waals surface area contributed by atoms with E-state index in [0.29, 0.717) is 6.04 Å². The molecule has 4 atom stereocenters. The van der Waals surface area contributed by atoms with Gasteiger partial charge in [-0.2, -0.15) is 0 Å². The molecule has 0 spiro atoms. The quantitative estimate of drug-likeness (QED) is 0.716. The Kier molecular flexibility index (Phi) is 3.74. The van der Waals surface area contributed by atoms with Gasteiger partial charge in [-0.15, -0.1) is 0 Å². The molecule has 1 fully saturated rings. The zero-order chi connectivity index (χ0) is 10.0. The molecule has 2 heteroatoms. The van der Waals surface area contributed by atoms with E-state index >= 15 is 0 Å². The monoisotopic (exact) mass is 184 g/mol. The lowest BCUT2D eigenvalue weighted by atomic mass is 9.95. The van der Waals surface area contributed by atoms with E-state index in [1.807, 2.05) is 7.05 Å². The molecule has 0 bridgehead atoms. The summed E-state index contributed by atoms with van der Waals surface area (Å²) in [7, 11) is 2.03. The Morgan fingerprint density at radius 1 is 1.38 bits per heavy atom. The van der Waals surface area contributed by atoms with E-state index in [1.165, 1.54) is 6.54 Å². The van der Waals surface area contributed by atoms with Crippen LogP contribution in [0.2, 0.25) is 0 Å². The smallest absolute Gasteiger partial charge is 0.0195 e. The van der Waals surface area contributed by atoms with Crippen molar-refractivity contribution < 1.29 is 0 Å². The van der Waals surface area contributed by atoms with E-state index in [1.54, 1.807) is 0 Å². The molecule has 1 saturated heterocycles. The van der Waals surface area contributed by atoms with Gasteiger partial charge in [0.05, 0.1) is 0 Å². The number of nitrogens with zero attached hydrogens (tertiary/aromatic N) is 1. The van der Waals surface area contributed by atoms with Crippen LogP contribution in [-0.4, -0.2) is 37.1 Å². The first kappa shape index (κ1) is 11.0. The maximum atomic E-state index is 3.25. The lowest BCUT2D eigenvalue weighted by molar-refractivity contribution is 0.185. The van der Waals surface area contributed by atoms with Crippen LogP contribution in [0.25, 0.3) is 0 Å². The second kappa shape index (κ2) is 4.43. The molecule has 0 aromatic carbocycles. The minimum Gasteiger partial charge on any atom is -0.318 e. The lowest BCUT2D eigenvalue weighted by Crippen LogP contribution is -2.42. The van der Waals surface area contributed by atoms with Crippen LogP contribution in [0.1, 0.15) is 27.7 Å². The molecule has 0 amide bonds. The lowest BCUT2D eigenvalue weighted by Gasteiger charge is -2.29. The predicted octanol–water partition coefficient (Wildman–Crippen LogP) is 1.57. The second-order valence-corrected chi connectivity index (χ2v) is 4.68. The van der Waals surface area contributed by atoms with Crippen molar-refractivity contribution in [3.63, 3.8) is 0 Å². The largest absolute Gasteiger partial charge is 0.318 e. The van der Waals surface area contributed by atoms with Crippen LogP contribution in [0.5, 0.6) is 0 Å². The normalized spacial score (nSPS) is 38.1. The Bertz CT molecular complexity index is 158. The molecule has 0 aromatic rings. The number of hydrogen-bond donors (Lipinski definition) is 1. The number of likely N-dealkylation sites (N-methyl/N-ethyl adjacent to an activating group) is 1. The van der Waals surface area contributed by atoms with Gasteiger partial charge in [0, 0.05) is 25.2 Å². The molecule has 0 aromatic heterocycles. The summed E-state index contributed by atoms with van der Waals surface area (Å²) in [5.74, 6) is 1.70. The first-order valence-corrected chi connectivity index (χ1v) is 5.48. The van der Waals surface area contributed by atoms with Gasteiger partial charge < -0.3 is 5.32 Å². The van der Waals surface area contributed by atoms with Crippen molar-refractivity contribution in [2.45, 2.75) is 39.8 Å². The summed E-state index contributed by atoms with van der Waals surface area (Å²) in [6.07, 6.45) is 0. The van der Waals surface area contributed by atoms with Crippen LogP contribution in [-0.2, 0) is 0 Å². The van der Waals surface area contributed by atoms with Crippen molar-refractivity contribution in [1.82, 2.24) is 10.2 Å². The molecule has 0 saturated carbocycles. The van der Waals surface area contributed by atoms with Gasteiger partial charge in [-0.25, -0.2) is 0 Å². The SMILES string of the molecule is CNCC(C)N1CC(C)C(C)C1C. The third kappa shape index (κ3) is 2.23. The van der Waals surface area contributed by atoms with Gasteiger partial charge >= 0.3 is 0 Å². The van der Waals surface area contributed by atoms with Crippen LogP contribution >= 0.6 is 0 Å². The molecular weight excluding hydrogens is 160 g/mol. The number of hydrogen-bond acceptors (Lipinski definition) is 2. The molecule has 1 aliphatic rings. The van der Waals surface area contributed by atoms with Crippen LogP contribution in [0.3, 0.4) is 0 Å². The molecule has 1 heterocycles. The van der Waals surface area contributed by atoms with Gasteiger partial charge in [-0.05, 0) is 32.7 Å². The van der Waals surface area contributed by atoms with Gasteiger partial charge in [-0.1, -0.05) is 13.8 Å². The van der Waals surface area contributed by atoms with Crippen LogP contribution in [0.15, 0.2) is 0 Å². The van der Waals surface area contributed by atoms with Gasteiger partial charge in [0.1, 0.15) is 0 Å². The molecule has 0 aliphatic carbocycles. The maximum Gasteiger partial charge on any atom is 0.0195 e. The molecule has 1 rings (SSSR count). The molecule has 2 nitrogen and oxygen atoms in total. The fraction of sp³-hybridized carbons (Fsp3) is 1.00. The summed E-state index contributed by atoms with van der Waals surface area (Å²) in [6, 6.07) is 1.42. The molecule has 4 unspecified atom stereocenters. The summed E-state index contributed by atoms with van der Waals surface area (Å²) < 4.78 is 0. The summed E-state index contributed by atoms with van der Waals surface area (Å²) in [5, 5.41) is 3.25. The average molecular weight is 184 g/mol. The van der Waals surface area contributed by atoms with Crippen molar-refractivity contribution in [1.29, 1.82) is 0 Å². The van der Waals surface area contributed by atoms with E-state index < -0.39 is 0 Å². The van der Waals surface area contributed by atoms with E-state index in [2.05, 4.69) is 37.9 Å². The van der Waals surface area contributed by atoms with E-state index in [-0.39, 0.29) is 0 Å². The number of likely N-dealkylation sites (tertiary alicyclic amines) is 1. The van der Waals surface area contributed by atoms with Crippen molar-refractivity contribution in [2.24, 2.45) is 11.8 Å². The molecule has 78 valence electrons. The molecular formula is C11H24N2. The van der Waals surface area contributed by atoms with E-state index in [9.17, 15) is 0 Å². The van der Waals surface area contributed by atoms with Gasteiger partial charge in [0.25, 0.3) is 0 Å². The highest BCUT2D eigenvalue weighted by atomic mass is 15.2. The maximum absolute atomic E-state index is 3.25. The third-order valence-electron chi connectivity index (χ3n) is 3.75. The molecule has 13 heavy (non-hydrogen) atoms. The predicted molar refractivity (Wildman–Crippen MR) is 57.9 cm³/mol. The third-order valence-corrected chi connectivity index (χ3v) is 3.75. The van der Waals surface area contributed by atoms with E-state index in [4.69, 9.17) is 0 Å². The van der Waals surface area contributed by atoms with E-state index in [0.717, 1.165) is 24.4 Å². The van der Waals surface area contributed by atoms with Crippen LogP contribution < -0.4 is 5.32 Å². The second-order valence-electron chi connectivity index (χ2n) is 4.68. The first-order chi connectivity index (χ1) is 6.07.